The number of halogens is 2. The molecular formula is C22H23ClFN7O2. The minimum atomic E-state index is -0.807. The highest BCUT2D eigenvalue weighted by Crippen LogP contribution is 2.22. The van der Waals surface area contributed by atoms with E-state index in [1.54, 1.807) is 38.1 Å². The van der Waals surface area contributed by atoms with Crippen LogP contribution in [0.4, 0.5) is 15.9 Å². The quantitative estimate of drug-likeness (QED) is 0.276. The summed E-state index contributed by atoms with van der Waals surface area (Å²) >= 11 is 5.83. The summed E-state index contributed by atoms with van der Waals surface area (Å²) in [6.45, 7) is 3.55. The molecule has 0 atom stereocenters. The summed E-state index contributed by atoms with van der Waals surface area (Å²) in [6.07, 6.45) is 4.14. The third kappa shape index (κ3) is 5.92. The number of amides is 1. The fraction of sp³-hybridized carbons (Fsp3) is 0.227. The molecule has 5 N–H and O–H groups in total. The average molecular weight is 472 g/mol. The van der Waals surface area contributed by atoms with Crippen LogP contribution in [0.25, 0.3) is 5.70 Å². The fourth-order valence-corrected chi connectivity index (χ4v) is 2.70. The zero-order valence-electron chi connectivity index (χ0n) is 18.0. The highest BCUT2D eigenvalue weighted by Gasteiger charge is 2.27. The third-order valence-electron chi connectivity index (χ3n) is 4.69. The number of carbonyl (C=O) groups excluding carboxylic acids is 1. The van der Waals surface area contributed by atoms with Gasteiger partial charge in [-0.1, -0.05) is 23.4 Å². The normalized spacial score (nSPS) is 11.8. The van der Waals surface area contributed by atoms with Gasteiger partial charge in [0, 0.05) is 24.1 Å². The van der Waals surface area contributed by atoms with Crippen LogP contribution in [0.1, 0.15) is 30.9 Å². The molecule has 33 heavy (non-hydrogen) atoms. The van der Waals surface area contributed by atoms with E-state index in [0.717, 1.165) is 0 Å². The number of alkyl halides is 1. The van der Waals surface area contributed by atoms with Crippen LogP contribution >= 0.6 is 11.6 Å². The van der Waals surface area contributed by atoms with Gasteiger partial charge < -0.3 is 20.9 Å². The standard InChI is InChI=1S/C22H23ClFN7O2/c1-22(2,12-23)21(32)29-18-11-28-20(30-19(18)26)15(25)9-17(16-7-8-33-31-16)27-10-13-5-3-4-6-14(13)24/h3-9,11,25,27H,10,12H2,1-2H3,(H,29,32)(H2,26,28,30)/b17-9-,25-15?. The van der Waals surface area contributed by atoms with Crippen molar-refractivity contribution >= 4 is 40.4 Å². The Morgan fingerprint density at radius 2 is 2.09 bits per heavy atom. The molecule has 0 saturated carbocycles. The minimum Gasteiger partial charge on any atom is -0.382 e. The number of anilines is 2. The number of aromatic nitrogens is 3. The number of benzene rings is 1. The lowest BCUT2D eigenvalue weighted by atomic mass is 9.95. The molecule has 3 aromatic rings. The van der Waals surface area contributed by atoms with Crippen molar-refractivity contribution in [3.63, 3.8) is 0 Å². The summed E-state index contributed by atoms with van der Waals surface area (Å²) < 4.78 is 18.9. The monoisotopic (exact) mass is 471 g/mol. The Bertz CT molecular complexity index is 1180. The molecule has 2 aromatic heterocycles. The molecule has 3 rings (SSSR count). The second-order valence-corrected chi connectivity index (χ2v) is 8.03. The number of carbonyl (C=O) groups is 1. The molecule has 11 heteroatoms. The second-order valence-electron chi connectivity index (χ2n) is 7.77. The lowest BCUT2D eigenvalue weighted by Gasteiger charge is -2.20. The molecule has 172 valence electrons. The van der Waals surface area contributed by atoms with E-state index in [1.165, 1.54) is 24.6 Å². The van der Waals surface area contributed by atoms with Crippen molar-refractivity contribution < 1.29 is 13.7 Å². The zero-order valence-corrected chi connectivity index (χ0v) is 18.8. The van der Waals surface area contributed by atoms with Gasteiger partial charge in [0.2, 0.25) is 5.91 Å². The lowest BCUT2D eigenvalue weighted by molar-refractivity contribution is -0.122. The Hall–Kier alpha value is -3.79. The Morgan fingerprint density at radius 1 is 1.33 bits per heavy atom. The summed E-state index contributed by atoms with van der Waals surface area (Å²) in [5.74, 6) is -0.542. The third-order valence-corrected chi connectivity index (χ3v) is 5.35. The summed E-state index contributed by atoms with van der Waals surface area (Å²) in [7, 11) is 0. The number of hydrogen-bond acceptors (Lipinski definition) is 8. The molecule has 0 saturated heterocycles. The van der Waals surface area contributed by atoms with Gasteiger partial charge in [0.25, 0.3) is 0 Å². The Balaban J connectivity index is 1.80. The Kier molecular flexibility index (Phi) is 7.39. The molecule has 0 aliphatic heterocycles. The second kappa shape index (κ2) is 10.2. The Labute approximate surface area is 194 Å². The predicted octanol–water partition coefficient (Wildman–Crippen LogP) is 3.59. The maximum atomic E-state index is 14.0. The van der Waals surface area contributed by atoms with Crippen LogP contribution in [0.3, 0.4) is 0 Å². The van der Waals surface area contributed by atoms with Gasteiger partial charge in [-0.3, -0.25) is 10.2 Å². The highest BCUT2D eigenvalue weighted by atomic mass is 35.5. The molecule has 0 unspecified atom stereocenters. The molecule has 0 radical (unpaired) electrons. The van der Waals surface area contributed by atoms with Crippen molar-refractivity contribution in [2.24, 2.45) is 5.41 Å². The van der Waals surface area contributed by atoms with Gasteiger partial charge in [-0.15, -0.1) is 11.6 Å². The van der Waals surface area contributed by atoms with Gasteiger partial charge in [0.15, 0.2) is 11.6 Å². The van der Waals surface area contributed by atoms with E-state index >= 15 is 0 Å². The maximum absolute atomic E-state index is 14.0. The number of nitrogen functional groups attached to an aromatic ring is 1. The summed E-state index contributed by atoms with van der Waals surface area (Å²) in [6, 6.07) is 7.94. The van der Waals surface area contributed by atoms with Crippen LogP contribution in [-0.4, -0.2) is 32.6 Å². The average Bonchev–Trinajstić information content (AvgIpc) is 3.33. The number of allylic oxidation sites excluding steroid dienone is 1. The summed E-state index contributed by atoms with van der Waals surface area (Å²) in [5.41, 5.74) is 6.55. The fourth-order valence-electron chi connectivity index (χ4n) is 2.58. The predicted molar refractivity (Wildman–Crippen MR) is 124 cm³/mol. The van der Waals surface area contributed by atoms with E-state index in [9.17, 15) is 9.18 Å². The van der Waals surface area contributed by atoms with Crippen LogP contribution in [0.15, 0.2) is 53.4 Å². The molecule has 0 fully saturated rings. The number of rotatable bonds is 9. The van der Waals surface area contributed by atoms with Crippen molar-refractivity contribution in [2.45, 2.75) is 20.4 Å². The highest BCUT2D eigenvalue weighted by molar-refractivity contribution is 6.20. The maximum Gasteiger partial charge on any atom is 0.231 e. The molecule has 1 aromatic carbocycles. The first kappa shape index (κ1) is 23.9. The van der Waals surface area contributed by atoms with Gasteiger partial charge in [-0.25, -0.2) is 14.4 Å². The summed E-state index contributed by atoms with van der Waals surface area (Å²) in [4.78, 5) is 20.6. The van der Waals surface area contributed by atoms with Crippen LogP contribution in [-0.2, 0) is 11.3 Å². The van der Waals surface area contributed by atoms with Crippen molar-refractivity contribution in [2.75, 3.05) is 16.9 Å². The van der Waals surface area contributed by atoms with Crippen molar-refractivity contribution in [1.82, 2.24) is 20.4 Å². The molecule has 1 amide bonds. The lowest BCUT2D eigenvalue weighted by Crippen LogP contribution is -2.32. The van der Waals surface area contributed by atoms with E-state index in [-0.39, 0.29) is 47.2 Å². The molecule has 2 heterocycles. The topological polar surface area (TPSA) is 143 Å². The van der Waals surface area contributed by atoms with Crippen LogP contribution in [0.5, 0.6) is 0 Å². The zero-order chi connectivity index (χ0) is 24.0. The molecule has 9 nitrogen and oxygen atoms in total. The van der Waals surface area contributed by atoms with Crippen LogP contribution in [0, 0.1) is 16.6 Å². The van der Waals surface area contributed by atoms with Gasteiger partial charge in [0.1, 0.15) is 29.2 Å². The summed E-state index contributed by atoms with van der Waals surface area (Å²) in [5, 5.41) is 18.0. The molecule has 0 aliphatic carbocycles. The van der Waals surface area contributed by atoms with Crippen molar-refractivity contribution in [3.8, 4) is 0 Å². The number of nitrogens with two attached hydrogens (primary N) is 1. The molecular weight excluding hydrogens is 449 g/mol. The van der Waals surface area contributed by atoms with Crippen molar-refractivity contribution in [1.29, 1.82) is 5.41 Å². The number of nitrogens with one attached hydrogen (secondary N) is 3. The van der Waals surface area contributed by atoms with Crippen molar-refractivity contribution in [3.05, 3.63) is 71.8 Å². The minimum absolute atomic E-state index is 0.000764. The largest absolute Gasteiger partial charge is 0.382 e. The van der Waals surface area contributed by atoms with Gasteiger partial charge in [-0.05, 0) is 26.0 Å². The molecule has 0 bridgehead atoms. The smallest absolute Gasteiger partial charge is 0.231 e. The molecule has 0 aliphatic rings. The van der Waals surface area contributed by atoms with Crippen LogP contribution < -0.4 is 16.4 Å². The Morgan fingerprint density at radius 3 is 2.73 bits per heavy atom. The SMILES string of the molecule is CC(C)(CCl)C(=O)Nc1cnc(C(=N)/C=C(\NCc2ccccc2F)c2ccon2)nc1N. The van der Waals surface area contributed by atoms with Gasteiger partial charge in [-0.2, -0.15) is 0 Å². The molecule has 0 spiro atoms. The van der Waals surface area contributed by atoms with E-state index in [1.807, 2.05) is 0 Å². The van der Waals surface area contributed by atoms with Gasteiger partial charge >= 0.3 is 0 Å². The van der Waals surface area contributed by atoms with E-state index in [2.05, 4.69) is 25.8 Å². The first-order chi connectivity index (χ1) is 15.7. The van der Waals surface area contributed by atoms with Crippen LogP contribution in [0.2, 0.25) is 0 Å². The number of nitrogens with zero attached hydrogens (tertiary/aromatic N) is 3. The first-order valence-electron chi connectivity index (χ1n) is 9.90. The van der Waals surface area contributed by atoms with E-state index in [0.29, 0.717) is 17.0 Å². The first-order valence-corrected chi connectivity index (χ1v) is 10.4. The van der Waals surface area contributed by atoms with Gasteiger partial charge in [0.05, 0.1) is 17.3 Å². The van der Waals surface area contributed by atoms with E-state index < -0.39 is 5.41 Å². The number of hydrogen-bond donors (Lipinski definition) is 4. The van der Waals surface area contributed by atoms with E-state index in [4.69, 9.17) is 27.3 Å².